The minimum absolute atomic E-state index is 0.206. The maximum Gasteiger partial charge on any atom is 0.339 e. The van der Waals surface area contributed by atoms with Gasteiger partial charge >= 0.3 is 5.97 Å². The number of rotatable bonds is 9. The zero-order valence-corrected chi connectivity index (χ0v) is 22.5. The zero-order chi connectivity index (χ0) is 27.9. The second-order valence-electron chi connectivity index (χ2n) is 9.55. The fourth-order valence-electron chi connectivity index (χ4n) is 4.61. The first-order valence-corrected chi connectivity index (χ1v) is 13.2. The van der Waals surface area contributed by atoms with E-state index in [0.29, 0.717) is 34.3 Å². The molecule has 5 rings (SSSR count). The van der Waals surface area contributed by atoms with E-state index >= 15 is 0 Å². The van der Waals surface area contributed by atoms with E-state index in [1.54, 1.807) is 0 Å². The number of nitrogens with zero attached hydrogens (tertiary/aromatic N) is 1. The Morgan fingerprint density at radius 2 is 1.48 bits per heavy atom. The summed E-state index contributed by atoms with van der Waals surface area (Å²) in [6.45, 7) is 3.83. The van der Waals surface area contributed by atoms with Gasteiger partial charge in [0, 0.05) is 10.9 Å². The lowest BCUT2D eigenvalue weighted by atomic mass is 9.97. The first-order chi connectivity index (χ1) is 19.5. The Kier molecular flexibility index (Phi) is 8.16. The quantitative estimate of drug-likeness (QED) is 0.212. The molecule has 0 aliphatic carbocycles. The largest absolute Gasteiger partial charge is 0.489 e. The van der Waals surface area contributed by atoms with Gasteiger partial charge < -0.3 is 14.8 Å². The average Bonchev–Trinajstić information content (AvgIpc) is 3.00. The summed E-state index contributed by atoms with van der Waals surface area (Å²) in [5.41, 5.74) is 5.32. The molecule has 1 atom stereocenters. The van der Waals surface area contributed by atoms with Crippen LogP contribution >= 0.6 is 0 Å². The number of nitrogens with one attached hydrogen (secondary N) is 1. The molecule has 0 bridgehead atoms. The molecule has 6 nitrogen and oxygen atoms in total. The number of pyridine rings is 1. The SMILES string of the molecule is Cc1c(-c2ccc(OCc3ccccc3)cc2)nc2ccccc2c1C(=O)OCC(=O)N[C@H](C)c1ccccc1. The molecule has 0 aliphatic rings. The number of carbonyl (C=O) groups excluding carboxylic acids is 2. The summed E-state index contributed by atoms with van der Waals surface area (Å²) in [5.74, 6) is -0.198. The maximum atomic E-state index is 13.3. The molecule has 6 heteroatoms. The molecule has 1 aromatic heterocycles. The van der Waals surface area contributed by atoms with Crippen LogP contribution in [0.3, 0.4) is 0 Å². The van der Waals surface area contributed by atoms with E-state index in [9.17, 15) is 9.59 Å². The van der Waals surface area contributed by atoms with E-state index in [4.69, 9.17) is 14.5 Å². The lowest BCUT2D eigenvalue weighted by Crippen LogP contribution is -2.31. The Balaban J connectivity index is 1.33. The molecule has 1 amide bonds. The lowest BCUT2D eigenvalue weighted by Gasteiger charge is -2.16. The number of benzene rings is 4. The highest BCUT2D eigenvalue weighted by Crippen LogP contribution is 2.31. The van der Waals surface area contributed by atoms with Crippen LogP contribution in [-0.4, -0.2) is 23.5 Å². The molecule has 200 valence electrons. The molecule has 4 aromatic carbocycles. The van der Waals surface area contributed by atoms with Crippen LogP contribution in [0.5, 0.6) is 5.75 Å². The van der Waals surface area contributed by atoms with Crippen molar-refractivity contribution in [3.05, 3.63) is 131 Å². The average molecular weight is 531 g/mol. The monoisotopic (exact) mass is 530 g/mol. The number of hydrogen-bond donors (Lipinski definition) is 1. The van der Waals surface area contributed by atoms with Gasteiger partial charge in [-0.2, -0.15) is 0 Å². The summed E-state index contributed by atoms with van der Waals surface area (Å²) >= 11 is 0. The van der Waals surface area contributed by atoms with Gasteiger partial charge in [-0.05, 0) is 60.9 Å². The first kappa shape index (κ1) is 26.6. The Hall–Kier alpha value is -4.97. The van der Waals surface area contributed by atoms with Gasteiger partial charge in [-0.25, -0.2) is 9.78 Å². The Morgan fingerprint density at radius 3 is 2.20 bits per heavy atom. The molecule has 0 saturated carbocycles. The molecule has 0 radical (unpaired) electrons. The molecule has 0 fully saturated rings. The van der Waals surface area contributed by atoms with Crippen molar-refractivity contribution in [1.82, 2.24) is 10.3 Å². The van der Waals surface area contributed by atoms with E-state index < -0.39 is 5.97 Å². The minimum Gasteiger partial charge on any atom is -0.489 e. The van der Waals surface area contributed by atoms with Crippen LogP contribution in [0.15, 0.2) is 109 Å². The number of esters is 1. The van der Waals surface area contributed by atoms with Crippen LogP contribution in [0.2, 0.25) is 0 Å². The van der Waals surface area contributed by atoms with Crippen LogP contribution in [0.1, 0.15) is 40.0 Å². The summed E-state index contributed by atoms with van der Waals surface area (Å²) in [5, 5.41) is 3.55. The van der Waals surface area contributed by atoms with E-state index in [1.165, 1.54) is 0 Å². The van der Waals surface area contributed by atoms with Gasteiger partial charge in [0.25, 0.3) is 5.91 Å². The van der Waals surface area contributed by atoms with Gasteiger partial charge in [0.05, 0.1) is 22.8 Å². The van der Waals surface area contributed by atoms with E-state index in [-0.39, 0.29) is 18.6 Å². The standard InChI is InChI=1S/C34H30N2O4/c1-23-32(34(38)40-22-31(37)35-24(2)26-13-7-4-8-14-26)29-15-9-10-16-30(29)36-33(23)27-17-19-28(20-18-27)39-21-25-11-5-3-6-12-25/h3-20,24H,21-22H2,1-2H3,(H,35,37)/t24-/m1/s1. The zero-order valence-electron chi connectivity index (χ0n) is 22.5. The third-order valence-electron chi connectivity index (χ3n) is 6.73. The predicted octanol–water partition coefficient (Wildman–Crippen LogP) is 6.82. The van der Waals surface area contributed by atoms with Crippen molar-refractivity contribution < 1.29 is 19.1 Å². The molecular weight excluding hydrogens is 500 g/mol. The van der Waals surface area contributed by atoms with Crippen molar-refractivity contribution >= 4 is 22.8 Å². The Morgan fingerprint density at radius 1 is 0.825 bits per heavy atom. The molecule has 0 spiro atoms. The second-order valence-corrected chi connectivity index (χ2v) is 9.55. The Labute approximate surface area is 233 Å². The van der Waals surface area contributed by atoms with Crippen LogP contribution in [0.25, 0.3) is 22.2 Å². The fourth-order valence-corrected chi connectivity index (χ4v) is 4.61. The molecule has 0 saturated heterocycles. The minimum atomic E-state index is -0.567. The van der Waals surface area contributed by atoms with Crippen LogP contribution in [0, 0.1) is 6.92 Å². The van der Waals surface area contributed by atoms with E-state index in [1.807, 2.05) is 123 Å². The van der Waals surface area contributed by atoms with Gasteiger partial charge in [-0.1, -0.05) is 78.9 Å². The van der Waals surface area contributed by atoms with Crippen molar-refractivity contribution in [2.24, 2.45) is 0 Å². The molecule has 0 unspecified atom stereocenters. The number of ether oxygens (including phenoxy) is 2. The van der Waals surface area contributed by atoms with Gasteiger partial charge in [0.15, 0.2) is 6.61 Å². The van der Waals surface area contributed by atoms with Crippen molar-refractivity contribution in [3.63, 3.8) is 0 Å². The van der Waals surface area contributed by atoms with Gasteiger partial charge in [-0.15, -0.1) is 0 Å². The van der Waals surface area contributed by atoms with Crippen molar-refractivity contribution in [2.75, 3.05) is 6.61 Å². The lowest BCUT2D eigenvalue weighted by molar-refractivity contribution is -0.124. The van der Waals surface area contributed by atoms with Gasteiger partial charge in [0.1, 0.15) is 12.4 Å². The highest BCUT2D eigenvalue weighted by Gasteiger charge is 2.21. The smallest absolute Gasteiger partial charge is 0.339 e. The normalized spacial score (nSPS) is 11.6. The number of fused-ring (bicyclic) bond motifs is 1. The van der Waals surface area contributed by atoms with Crippen molar-refractivity contribution in [2.45, 2.75) is 26.5 Å². The number of para-hydroxylation sites is 1. The van der Waals surface area contributed by atoms with E-state index in [2.05, 4.69) is 5.32 Å². The number of carbonyl (C=O) groups is 2. The molecule has 40 heavy (non-hydrogen) atoms. The fraction of sp³-hybridized carbons (Fsp3) is 0.147. The third kappa shape index (κ3) is 6.18. The highest BCUT2D eigenvalue weighted by molar-refractivity contribution is 6.06. The number of aromatic nitrogens is 1. The summed E-state index contributed by atoms with van der Waals surface area (Å²) in [4.78, 5) is 30.8. The molecule has 1 heterocycles. The molecular formula is C34H30N2O4. The molecule has 1 N–H and O–H groups in total. The second kappa shape index (κ2) is 12.3. The summed E-state index contributed by atoms with van der Waals surface area (Å²) in [7, 11) is 0. The first-order valence-electron chi connectivity index (χ1n) is 13.2. The topological polar surface area (TPSA) is 77.5 Å². The van der Waals surface area contributed by atoms with Gasteiger partial charge in [-0.3, -0.25) is 4.79 Å². The maximum absolute atomic E-state index is 13.3. The summed E-state index contributed by atoms with van der Waals surface area (Å²) in [6.07, 6.45) is 0. The van der Waals surface area contributed by atoms with Crippen molar-refractivity contribution in [3.8, 4) is 17.0 Å². The van der Waals surface area contributed by atoms with Crippen LogP contribution in [-0.2, 0) is 16.1 Å². The predicted molar refractivity (Wildman–Crippen MR) is 156 cm³/mol. The van der Waals surface area contributed by atoms with Crippen molar-refractivity contribution in [1.29, 1.82) is 0 Å². The number of hydrogen-bond acceptors (Lipinski definition) is 5. The molecule has 0 aliphatic heterocycles. The van der Waals surface area contributed by atoms with Crippen LogP contribution in [0.4, 0.5) is 0 Å². The van der Waals surface area contributed by atoms with Crippen LogP contribution < -0.4 is 10.1 Å². The van der Waals surface area contributed by atoms with Gasteiger partial charge in [0.2, 0.25) is 0 Å². The molecule has 5 aromatic rings. The Bertz CT molecular complexity index is 1620. The third-order valence-corrected chi connectivity index (χ3v) is 6.73. The highest BCUT2D eigenvalue weighted by atomic mass is 16.5. The number of amides is 1. The van der Waals surface area contributed by atoms with E-state index in [0.717, 1.165) is 22.4 Å². The summed E-state index contributed by atoms with van der Waals surface area (Å²) < 4.78 is 11.4. The summed E-state index contributed by atoms with van der Waals surface area (Å²) in [6, 6.07) is 34.5.